The first-order chi connectivity index (χ1) is 12.2. The molecule has 1 heterocycles. The molecule has 9 nitrogen and oxygen atoms in total. The SMILES string of the molecule is COc1ccc(NC(=O)NCCc2c(C)n[nH]c2C)cc1NS(C)(=O)=O. The van der Waals surface area contributed by atoms with Crippen LogP contribution in [0.4, 0.5) is 16.2 Å². The summed E-state index contributed by atoms with van der Waals surface area (Å²) in [6.07, 6.45) is 1.70. The van der Waals surface area contributed by atoms with Crippen LogP contribution >= 0.6 is 0 Å². The van der Waals surface area contributed by atoms with Crippen molar-refractivity contribution in [2.45, 2.75) is 20.3 Å². The van der Waals surface area contributed by atoms with Crippen molar-refractivity contribution in [1.29, 1.82) is 0 Å². The number of urea groups is 1. The number of anilines is 2. The molecule has 0 unspecified atom stereocenters. The second-order valence-electron chi connectivity index (χ2n) is 5.83. The van der Waals surface area contributed by atoms with E-state index in [9.17, 15) is 13.2 Å². The Balaban J connectivity index is 1.97. The van der Waals surface area contributed by atoms with Crippen LogP contribution in [0.25, 0.3) is 0 Å². The fourth-order valence-corrected chi connectivity index (χ4v) is 3.04. The minimum absolute atomic E-state index is 0.248. The Bertz CT molecular complexity index is 873. The highest BCUT2D eigenvalue weighted by molar-refractivity contribution is 7.92. The smallest absolute Gasteiger partial charge is 0.319 e. The van der Waals surface area contributed by atoms with E-state index in [2.05, 4.69) is 25.6 Å². The number of H-pyrrole nitrogens is 1. The number of nitrogens with one attached hydrogen (secondary N) is 4. The third-order valence-electron chi connectivity index (χ3n) is 3.69. The monoisotopic (exact) mass is 381 g/mol. The summed E-state index contributed by atoms with van der Waals surface area (Å²) in [4.78, 5) is 12.0. The van der Waals surface area contributed by atoms with Gasteiger partial charge in [0.1, 0.15) is 5.75 Å². The van der Waals surface area contributed by atoms with Gasteiger partial charge in [-0.2, -0.15) is 5.10 Å². The molecule has 2 rings (SSSR count). The molecule has 26 heavy (non-hydrogen) atoms. The van der Waals surface area contributed by atoms with Crippen LogP contribution in [0.15, 0.2) is 18.2 Å². The molecule has 142 valence electrons. The van der Waals surface area contributed by atoms with E-state index in [-0.39, 0.29) is 11.7 Å². The highest BCUT2D eigenvalue weighted by Gasteiger charge is 2.11. The summed E-state index contributed by atoms with van der Waals surface area (Å²) in [5.74, 6) is 0.354. The summed E-state index contributed by atoms with van der Waals surface area (Å²) in [5, 5.41) is 12.4. The van der Waals surface area contributed by atoms with E-state index in [1.807, 2.05) is 13.8 Å². The number of sulfonamides is 1. The van der Waals surface area contributed by atoms with Gasteiger partial charge in [-0.25, -0.2) is 13.2 Å². The quantitative estimate of drug-likeness (QED) is 0.582. The van der Waals surface area contributed by atoms with E-state index >= 15 is 0 Å². The highest BCUT2D eigenvalue weighted by Crippen LogP contribution is 2.28. The van der Waals surface area contributed by atoms with Gasteiger partial charge in [0.05, 0.1) is 24.7 Å². The molecule has 2 amide bonds. The van der Waals surface area contributed by atoms with Gasteiger partial charge in [0, 0.05) is 17.9 Å². The molecular formula is C16H23N5O4S. The summed E-state index contributed by atoms with van der Waals surface area (Å²) in [6, 6.07) is 4.29. The molecule has 0 saturated heterocycles. The molecule has 10 heteroatoms. The fraction of sp³-hybridized carbons (Fsp3) is 0.375. The van der Waals surface area contributed by atoms with Crippen LogP contribution in [0.5, 0.6) is 5.75 Å². The molecular weight excluding hydrogens is 358 g/mol. The fourth-order valence-electron chi connectivity index (χ4n) is 2.48. The summed E-state index contributed by atoms with van der Waals surface area (Å²) in [5.41, 5.74) is 3.66. The molecule has 0 bridgehead atoms. The lowest BCUT2D eigenvalue weighted by molar-refractivity contribution is 0.252. The van der Waals surface area contributed by atoms with Crippen LogP contribution in [0.3, 0.4) is 0 Å². The van der Waals surface area contributed by atoms with E-state index in [1.165, 1.54) is 13.2 Å². The number of hydrogen-bond acceptors (Lipinski definition) is 5. The summed E-state index contributed by atoms with van der Waals surface area (Å²) >= 11 is 0. The first kappa shape index (κ1) is 19.6. The number of nitrogens with zero attached hydrogens (tertiary/aromatic N) is 1. The average molecular weight is 381 g/mol. The van der Waals surface area contributed by atoms with Gasteiger partial charge in [-0.3, -0.25) is 9.82 Å². The van der Waals surface area contributed by atoms with Crippen LogP contribution in [0, 0.1) is 13.8 Å². The molecule has 0 fully saturated rings. The second kappa shape index (κ2) is 8.09. The van der Waals surface area contributed by atoms with E-state index < -0.39 is 10.0 Å². The molecule has 0 aliphatic rings. The first-order valence-electron chi connectivity index (χ1n) is 7.90. The second-order valence-corrected chi connectivity index (χ2v) is 7.58. The number of amides is 2. The Morgan fingerprint density at radius 2 is 2.04 bits per heavy atom. The number of carbonyl (C=O) groups excluding carboxylic acids is 1. The van der Waals surface area contributed by atoms with Crippen molar-refractivity contribution in [3.63, 3.8) is 0 Å². The molecule has 0 aliphatic carbocycles. The third kappa shape index (κ3) is 5.38. The summed E-state index contributed by atoms with van der Waals surface area (Å²) in [6.45, 7) is 4.29. The third-order valence-corrected chi connectivity index (χ3v) is 4.28. The Kier molecular flexibility index (Phi) is 6.09. The Labute approximate surface area is 152 Å². The number of ether oxygens (including phenoxy) is 1. The number of aryl methyl sites for hydroxylation is 2. The Morgan fingerprint density at radius 1 is 1.31 bits per heavy atom. The van der Waals surface area contributed by atoms with Crippen molar-refractivity contribution >= 4 is 27.4 Å². The van der Waals surface area contributed by atoms with E-state index in [1.54, 1.807) is 12.1 Å². The number of carbonyl (C=O) groups is 1. The van der Waals surface area contributed by atoms with E-state index in [0.29, 0.717) is 24.4 Å². The van der Waals surface area contributed by atoms with Crippen molar-refractivity contribution in [1.82, 2.24) is 15.5 Å². The standard InChI is InChI=1S/C16H23N5O4S/c1-10-13(11(2)20-19-10)7-8-17-16(22)18-12-5-6-15(25-3)14(9-12)21-26(4,23)24/h5-6,9,21H,7-8H2,1-4H3,(H,19,20)(H2,17,18,22). The van der Waals surface area contributed by atoms with E-state index in [0.717, 1.165) is 23.2 Å². The van der Waals surface area contributed by atoms with Crippen LogP contribution in [0.1, 0.15) is 17.0 Å². The normalized spacial score (nSPS) is 11.1. The zero-order valence-corrected chi connectivity index (χ0v) is 16.0. The van der Waals surface area contributed by atoms with Crippen LogP contribution in [-0.2, 0) is 16.4 Å². The number of rotatable bonds is 7. The van der Waals surface area contributed by atoms with Gasteiger partial charge in [-0.1, -0.05) is 0 Å². The minimum atomic E-state index is -3.47. The van der Waals surface area contributed by atoms with Gasteiger partial charge >= 0.3 is 6.03 Å². The van der Waals surface area contributed by atoms with Crippen molar-refractivity contribution < 1.29 is 17.9 Å². The zero-order valence-electron chi connectivity index (χ0n) is 15.1. The molecule has 1 aromatic carbocycles. The predicted molar refractivity (Wildman–Crippen MR) is 100 cm³/mol. The molecule has 4 N–H and O–H groups in total. The van der Waals surface area contributed by atoms with Gasteiger partial charge in [0.25, 0.3) is 0 Å². The predicted octanol–water partition coefficient (Wildman–Crippen LogP) is 1.77. The van der Waals surface area contributed by atoms with Crippen molar-refractivity contribution in [2.24, 2.45) is 0 Å². The number of aromatic amines is 1. The van der Waals surface area contributed by atoms with Crippen LogP contribution < -0.4 is 20.1 Å². The molecule has 0 atom stereocenters. The van der Waals surface area contributed by atoms with Crippen molar-refractivity contribution in [2.75, 3.05) is 29.9 Å². The molecule has 2 aromatic rings. The van der Waals surface area contributed by atoms with Crippen molar-refractivity contribution in [3.05, 3.63) is 35.2 Å². The lowest BCUT2D eigenvalue weighted by atomic mass is 10.1. The molecule has 0 radical (unpaired) electrons. The summed E-state index contributed by atoms with van der Waals surface area (Å²) in [7, 11) is -2.04. The highest BCUT2D eigenvalue weighted by atomic mass is 32.2. The Morgan fingerprint density at radius 3 is 2.62 bits per heavy atom. The molecule has 0 spiro atoms. The molecule has 1 aromatic heterocycles. The minimum Gasteiger partial charge on any atom is -0.495 e. The number of benzene rings is 1. The topological polar surface area (TPSA) is 125 Å². The lowest BCUT2D eigenvalue weighted by Crippen LogP contribution is -2.30. The largest absolute Gasteiger partial charge is 0.495 e. The average Bonchev–Trinajstić information content (AvgIpc) is 2.85. The maximum absolute atomic E-state index is 12.0. The Hall–Kier alpha value is -2.75. The van der Waals surface area contributed by atoms with E-state index in [4.69, 9.17) is 4.74 Å². The number of hydrogen-bond donors (Lipinski definition) is 4. The lowest BCUT2D eigenvalue weighted by Gasteiger charge is -2.13. The number of methoxy groups -OCH3 is 1. The molecule has 0 saturated carbocycles. The van der Waals surface area contributed by atoms with Crippen molar-refractivity contribution in [3.8, 4) is 5.75 Å². The van der Waals surface area contributed by atoms with Gasteiger partial charge in [-0.15, -0.1) is 0 Å². The first-order valence-corrected chi connectivity index (χ1v) is 9.80. The zero-order chi connectivity index (χ0) is 19.3. The maximum Gasteiger partial charge on any atom is 0.319 e. The van der Waals surface area contributed by atoms with Gasteiger partial charge in [-0.05, 0) is 44.0 Å². The summed E-state index contributed by atoms with van der Waals surface area (Å²) < 4.78 is 30.3. The van der Waals surface area contributed by atoms with Crippen LogP contribution in [-0.4, -0.2) is 44.6 Å². The van der Waals surface area contributed by atoms with Crippen LogP contribution in [0.2, 0.25) is 0 Å². The molecule has 0 aliphatic heterocycles. The van der Waals surface area contributed by atoms with Gasteiger partial charge in [0.2, 0.25) is 10.0 Å². The van der Waals surface area contributed by atoms with Gasteiger partial charge in [0.15, 0.2) is 0 Å². The maximum atomic E-state index is 12.0. The van der Waals surface area contributed by atoms with Gasteiger partial charge < -0.3 is 15.4 Å². The number of aromatic nitrogens is 2.